The molecule has 1 aliphatic rings. The molecule has 4 nitrogen and oxygen atoms in total. The number of nitrogens with zero attached hydrogens (tertiary/aromatic N) is 2. The summed E-state index contributed by atoms with van der Waals surface area (Å²) in [7, 11) is 0. The Hall–Kier alpha value is -1.88. The van der Waals surface area contributed by atoms with Crippen LogP contribution in [0.25, 0.3) is 0 Å². The fourth-order valence-electron chi connectivity index (χ4n) is 3.09. The van der Waals surface area contributed by atoms with Gasteiger partial charge in [-0.05, 0) is 18.4 Å². The molecule has 0 saturated carbocycles. The fourth-order valence-corrected chi connectivity index (χ4v) is 3.65. The highest BCUT2D eigenvalue weighted by molar-refractivity contribution is 7.09. The summed E-state index contributed by atoms with van der Waals surface area (Å²) in [4.78, 5) is 18.5. The van der Waals surface area contributed by atoms with Gasteiger partial charge in [0.1, 0.15) is 5.01 Å². The van der Waals surface area contributed by atoms with Gasteiger partial charge in [-0.25, -0.2) is 9.78 Å². The van der Waals surface area contributed by atoms with Crippen molar-refractivity contribution in [1.82, 2.24) is 15.2 Å². The van der Waals surface area contributed by atoms with Crippen molar-refractivity contribution >= 4 is 17.4 Å². The van der Waals surface area contributed by atoms with Crippen LogP contribution < -0.4 is 5.32 Å². The second-order valence-corrected chi connectivity index (χ2v) is 7.02. The maximum Gasteiger partial charge on any atom is 0.317 e. The molecule has 1 aromatic carbocycles. The fraction of sp³-hybridized carbons (Fsp3) is 0.412. The minimum atomic E-state index is 0.0112. The number of carbonyl (C=O) groups excluding carboxylic acids is 1. The van der Waals surface area contributed by atoms with E-state index in [0.29, 0.717) is 6.54 Å². The van der Waals surface area contributed by atoms with Crippen molar-refractivity contribution < 1.29 is 4.79 Å². The van der Waals surface area contributed by atoms with E-state index in [1.165, 1.54) is 5.56 Å². The molecule has 2 heterocycles. The van der Waals surface area contributed by atoms with Gasteiger partial charge in [0.2, 0.25) is 0 Å². The lowest BCUT2D eigenvalue weighted by molar-refractivity contribution is 0.155. The highest BCUT2D eigenvalue weighted by atomic mass is 32.1. The third-order valence-corrected chi connectivity index (χ3v) is 5.11. The van der Waals surface area contributed by atoms with Crippen LogP contribution in [0.15, 0.2) is 41.9 Å². The van der Waals surface area contributed by atoms with Crippen LogP contribution in [0.4, 0.5) is 4.79 Å². The molecule has 1 saturated heterocycles. The number of urea groups is 1. The molecule has 5 heteroatoms. The first-order valence-corrected chi connectivity index (χ1v) is 8.52. The second kappa shape index (κ2) is 6.48. The zero-order valence-corrected chi connectivity index (χ0v) is 13.6. The highest BCUT2D eigenvalue weighted by Crippen LogP contribution is 2.33. The lowest BCUT2D eigenvalue weighted by atomic mass is 9.76. The van der Waals surface area contributed by atoms with Crippen molar-refractivity contribution in [3.63, 3.8) is 0 Å². The third-order valence-electron chi connectivity index (χ3n) is 4.33. The normalized spacial score (nSPS) is 21.6. The first-order valence-electron chi connectivity index (χ1n) is 7.64. The molecule has 1 atom stereocenters. The Bertz CT molecular complexity index is 614. The van der Waals surface area contributed by atoms with Gasteiger partial charge in [-0.15, -0.1) is 11.3 Å². The van der Waals surface area contributed by atoms with Gasteiger partial charge in [-0.2, -0.15) is 0 Å². The van der Waals surface area contributed by atoms with Crippen LogP contribution in [0.2, 0.25) is 0 Å². The average molecular weight is 315 g/mol. The van der Waals surface area contributed by atoms with E-state index in [1.807, 2.05) is 16.3 Å². The molecule has 2 amide bonds. The van der Waals surface area contributed by atoms with E-state index in [9.17, 15) is 4.79 Å². The molecule has 116 valence electrons. The third kappa shape index (κ3) is 3.30. The molecule has 1 aliphatic heterocycles. The Labute approximate surface area is 135 Å². The van der Waals surface area contributed by atoms with E-state index < -0.39 is 0 Å². The zero-order chi connectivity index (χ0) is 15.4. The van der Waals surface area contributed by atoms with Crippen LogP contribution in [0, 0.1) is 0 Å². The molecular formula is C17H21N3OS. The maximum atomic E-state index is 12.4. The molecule has 0 bridgehead atoms. The summed E-state index contributed by atoms with van der Waals surface area (Å²) in [6.45, 7) is 4.35. The summed E-state index contributed by atoms with van der Waals surface area (Å²) in [6, 6.07) is 10.5. The molecule has 0 spiro atoms. The van der Waals surface area contributed by atoms with Gasteiger partial charge in [-0.1, -0.05) is 37.3 Å². The number of carbonyl (C=O) groups is 1. The molecule has 2 aromatic rings. The summed E-state index contributed by atoms with van der Waals surface area (Å²) in [6.07, 6.45) is 3.92. The number of benzene rings is 1. The largest absolute Gasteiger partial charge is 0.331 e. The number of amides is 2. The van der Waals surface area contributed by atoms with E-state index in [1.54, 1.807) is 17.5 Å². The smallest absolute Gasteiger partial charge is 0.317 e. The topological polar surface area (TPSA) is 45.2 Å². The van der Waals surface area contributed by atoms with E-state index in [2.05, 4.69) is 41.5 Å². The Morgan fingerprint density at radius 2 is 2.23 bits per heavy atom. The van der Waals surface area contributed by atoms with Crippen molar-refractivity contribution in [2.45, 2.75) is 31.7 Å². The van der Waals surface area contributed by atoms with Crippen molar-refractivity contribution in [2.75, 3.05) is 13.1 Å². The Kier molecular flexibility index (Phi) is 4.43. The molecular weight excluding hydrogens is 294 g/mol. The van der Waals surface area contributed by atoms with Crippen LogP contribution >= 0.6 is 11.3 Å². The molecule has 0 aliphatic carbocycles. The first-order chi connectivity index (χ1) is 10.7. The van der Waals surface area contributed by atoms with Gasteiger partial charge in [0, 0.05) is 30.1 Å². The molecule has 1 fully saturated rings. The van der Waals surface area contributed by atoms with E-state index in [0.717, 1.165) is 30.9 Å². The molecule has 22 heavy (non-hydrogen) atoms. The van der Waals surface area contributed by atoms with Gasteiger partial charge in [0.05, 0.1) is 6.54 Å². The maximum absolute atomic E-state index is 12.4. The lowest BCUT2D eigenvalue weighted by Gasteiger charge is -2.40. The first kappa shape index (κ1) is 15.0. The van der Waals surface area contributed by atoms with Gasteiger partial charge in [-0.3, -0.25) is 0 Å². The number of hydrogen-bond donors (Lipinski definition) is 1. The Balaban J connectivity index is 1.63. The van der Waals surface area contributed by atoms with Crippen LogP contribution in [0.5, 0.6) is 0 Å². The highest BCUT2D eigenvalue weighted by Gasteiger charge is 2.34. The number of thiazole rings is 1. The quantitative estimate of drug-likeness (QED) is 0.943. The summed E-state index contributed by atoms with van der Waals surface area (Å²) in [5, 5.41) is 5.85. The van der Waals surface area contributed by atoms with E-state index in [-0.39, 0.29) is 11.4 Å². The zero-order valence-electron chi connectivity index (χ0n) is 12.8. The van der Waals surface area contributed by atoms with Crippen molar-refractivity contribution in [1.29, 1.82) is 0 Å². The standard InChI is InChI=1S/C17H21N3OS/c1-17(14-6-3-2-4-7-14)8-5-10-20(13-17)16(21)19-12-15-18-9-11-22-15/h2-4,6-7,9,11H,5,8,10,12-13H2,1H3,(H,19,21)/t17-/m0/s1. The van der Waals surface area contributed by atoms with Crippen LogP contribution in [-0.2, 0) is 12.0 Å². The predicted molar refractivity (Wildman–Crippen MR) is 89.0 cm³/mol. The number of hydrogen-bond acceptors (Lipinski definition) is 3. The van der Waals surface area contributed by atoms with Gasteiger partial charge in [0.15, 0.2) is 0 Å². The molecule has 3 rings (SSSR count). The lowest BCUT2D eigenvalue weighted by Crippen LogP contribution is -2.50. The predicted octanol–water partition coefficient (Wildman–Crippen LogP) is 3.41. The summed E-state index contributed by atoms with van der Waals surface area (Å²) in [5.74, 6) is 0. The van der Waals surface area contributed by atoms with Gasteiger partial charge in [0.25, 0.3) is 0 Å². The van der Waals surface area contributed by atoms with Crippen molar-refractivity contribution in [2.24, 2.45) is 0 Å². The summed E-state index contributed by atoms with van der Waals surface area (Å²) < 4.78 is 0. The van der Waals surface area contributed by atoms with Gasteiger partial charge >= 0.3 is 6.03 Å². The van der Waals surface area contributed by atoms with Crippen molar-refractivity contribution in [3.8, 4) is 0 Å². The number of rotatable bonds is 3. The van der Waals surface area contributed by atoms with E-state index >= 15 is 0 Å². The molecule has 1 N–H and O–H groups in total. The summed E-state index contributed by atoms with van der Waals surface area (Å²) >= 11 is 1.56. The van der Waals surface area contributed by atoms with Crippen LogP contribution in [0.1, 0.15) is 30.3 Å². The number of likely N-dealkylation sites (tertiary alicyclic amines) is 1. The summed E-state index contributed by atoms with van der Waals surface area (Å²) in [5.41, 5.74) is 1.35. The molecule has 1 aromatic heterocycles. The second-order valence-electron chi connectivity index (χ2n) is 6.04. The SMILES string of the molecule is C[C@]1(c2ccccc2)CCCN(C(=O)NCc2nccs2)C1. The van der Waals surface area contributed by atoms with E-state index in [4.69, 9.17) is 0 Å². The Morgan fingerprint density at radius 1 is 1.41 bits per heavy atom. The number of aromatic nitrogens is 1. The Morgan fingerprint density at radius 3 is 2.95 bits per heavy atom. The molecule has 0 radical (unpaired) electrons. The van der Waals surface area contributed by atoms with Gasteiger partial charge < -0.3 is 10.2 Å². The van der Waals surface area contributed by atoms with Crippen LogP contribution in [0.3, 0.4) is 0 Å². The monoisotopic (exact) mass is 315 g/mol. The minimum absolute atomic E-state index is 0.0112. The number of nitrogens with one attached hydrogen (secondary N) is 1. The van der Waals surface area contributed by atoms with Crippen molar-refractivity contribution in [3.05, 3.63) is 52.5 Å². The number of piperidine rings is 1. The average Bonchev–Trinajstić information content (AvgIpc) is 3.07. The van der Waals surface area contributed by atoms with Crippen LogP contribution in [-0.4, -0.2) is 29.0 Å². The molecule has 0 unspecified atom stereocenters. The minimum Gasteiger partial charge on any atom is -0.331 e.